The summed E-state index contributed by atoms with van der Waals surface area (Å²) in [5, 5.41) is 10.0. The number of carbonyl (C=O) groups excluding carboxylic acids is 1. The molecule has 2 aromatic carbocycles. The molecule has 132 valence electrons. The van der Waals surface area contributed by atoms with Gasteiger partial charge in [0.25, 0.3) is 5.91 Å². The largest absolute Gasteiger partial charge is 0.361 e. The van der Waals surface area contributed by atoms with Crippen LogP contribution in [0.3, 0.4) is 0 Å². The van der Waals surface area contributed by atoms with Gasteiger partial charge < -0.3 is 15.2 Å². The normalized spacial score (nSPS) is 11.3. The molecular formula is C19H15ClFN3O2. The maximum absolute atomic E-state index is 13.3. The number of benzene rings is 2. The molecule has 26 heavy (non-hydrogen) atoms. The van der Waals surface area contributed by atoms with Crippen molar-refractivity contribution in [1.82, 2.24) is 5.16 Å². The Morgan fingerprint density at radius 2 is 1.92 bits per heavy atom. The Balaban J connectivity index is 1.86. The molecule has 0 bridgehead atoms. The number of nitrogens with one attached hydrogen (secondary N) is 2. The van der Waals surface area contributed by atoms with Crippen LogP contribution in [0.25, 0.3) is 5.57 Å². The molecule has 5 nitrogen and oxygen atoms in total. The third-order valence-electron chi connectivity index (χ3n) is 3.45. The first-order valence-corrected chi connectivity index (χ1v) is 8.12. The molecule has 2 N–H and O–H groups in total. The van der Waals surface area contributed by atoms with Crippen molar-refractivity contribution in [2.45, 2.75) is 6.92 Å². The van der Waals surface area contributed by atoms with Gasteiger partial charge in [0, 0.05) is 28.7 Å². The van der Waals surface area contributed by atoms with Gasteiger partial charge >= 0.3 is 0 Å². The van der Waals surface area contributed by atoms with E-state index in [1.807, 2.05) is 0 Å². The van der Waals surface area contributed by atoms with Gasteiger partial charge in [-0.15, -0.1) is 0 Å². The summed E-state index contributed by atoms with van der Waals surface area (Å²) >= 11 is 5.85. The summed E-state index contributed by atoms with van der Waals surface area (Å²) in [6.07, 6.45) is 1.44. The minimum atomic E-state index is -0.410. The maximum atomic E-state index is 13.3. The third kappa shape index (κ3) is 4.49. The number of anilines is 2. The lowest BCUT2D eigenvalue weighted by molar-refractivity contribution is -0.111. The fourth-order valence-corrected chi connectivity index (χ4v) is 2.33. The van der Waals surface area contributed by atoms with E-state index >= 15 is 0 Å². The molecule has 1 heterocycles. The monoisotopic (exact) mass is 371 g/mol. The van der Waals surface area contributed by atoms with Gasteiger partial charge in [-0.2, -0.15) is 0 Å². The SMILES string of the molecule is Cc1cc(C(=CNc2cccc(F)c2)C(=O)Nc2ccc(Cl)cc2)on1. The van der Waals surface area contributed by atoms with Crippen molar-refractivity contribution in [3.8, 4) is 0 Å². The van der Waals surface area contributed by atoms with Crippen LogP contribution in [0.5, 0.6) is 0 Å². The molecule has 0 saturated carbocycles. The van der Waals surface area contributed by atoms with Crippen LogP contribution in [-0.4, -0.2) is 11.1 Å². The van der Waals surface area contributed by atoms with Gasteiger partial charge in [-0.1, -0.05) is 22.8 Å². The summed E-state index contributed by atoms with van der Waals surface area (Å²) in [5.74, 6) is -0.503. The average molecular weight is 372 g/mol. The van der Waals surface area contributed by atoms with E-state index in [1.54, 1.807) is 49.4 Å². The molecule has 0 aliphatic rings. The smallest absolute Gasteiger partial charge is 0.261 e. The Labute approximate surface area is 154 Å². The molecular weight excluding hydrogens is 357 g/mol. The molecule has 0 atom stereocenters. The first-order chi connectivity index (χ1) is 12.5. The van der Waals surface area contributed by atoms with Crippen LogP contribution in [0.2, 0.25) is 5.02 Å². The van der Waals surface area contributed by atoms with Gasteiger partial charge in [-0.3, -0.25) is 4.79 Å². The van der Waals surface area contributed by atoms with E-state index in [0.29, 0.717) is 22.1 Å². The number of hydrogen-bond donors (Lipinski definition) is 2. The zero-order chi connectivity index (χ0) is 18.5. The Hall–Kier alpha value is -3.12. The average Bonchev–Trinajstić information content (AvgIpc) is 3.03. The van der Waals surface area contributed by atoms with Crippen molar-refractivity contribution in [3.05, 3.63) is 83.1 Å². The van der Waals surface area contributed by atoms with Crippen LogP contribution in [0.4, 0.5) is 15.8 Å². The van der Waals surface area contributed by atoms with E-state index in [-0.39, 0.29) is 17.2 Å². The molecule has 3 aromatic rings. The molecule has 7 heteroatoms. The molecule has 0 aliphatic heterocycles. The van der Waals surface area contributed by atoms with Crippen molar-refractivity contribution in [2.24, 2.45) is 0 Å². The molecule has 0 unspecified atom stereocenters. The lowest BCUT2D eigenvalue weighted by atomic mass is 10.2. The minimum absolute atomic E-state index is 0.213. The van der Waals surface area contributed by atoms with Crippen molar-refractivity contribution >= 4 is 34.5 Å². The topological polar surface area (TPSA) is 67.2 Å². The Morgan fingerprint density at radius 1 is 1.15 bits per heavy atom. The highest BCUT2D eigenvalue weighted by molar-refractivity contribution is 6.30. The number of hydrogen-bond acceptors (Lipinski definition) is 4. The second-order valence-corrected chi connectivity index (χ2v) is 5.94. The lowest BCUT2D eigenvalue weighted by Gasteiger charge is -2.08. The first-order valence-electron chi connectivity index (χ1n) is 7.74. The lowest BCUT2D eigenvalue weighted by Crippen LogP contribution is -2.14. The molecule has 1 amide bonds. The molecule has 0 spiro atoms. The highest BCUT2D eigenvalue weighted by atomic mass is 35.5. The fraction of sp³-hybridized carbons (Fsp3) is 0.0526. The number of amides is 1. The molecule has 1 aromatic heterocycles. The zero-order valence-electron chi connectivity index (χ0n) is 13.8. The zero-order valence-corrected chi connectivity index (χ0v) is 14.5. The van der Waals surface area contributed by atoms with Crippen molar-refractivity contribution in [1.29, 1.82) is 0 Å². The second-order valence-electron chi connectivity index (χ2n) is 5.51. The van der Waals surface area contributed by atoms with E-state index in [4.69, 9.17) is 16.1 Å². The molecule has 0 radical (unpaired) electrons. The van der Waals surface area contributed by atoms with Gasteiger partial charge in [-0.05, 0) is 49.4 Å². The Morgan fingerprint density at radius 3 is 2.58 bits per heavy atom. The van der Waals surface area contributed by atoms with Crippen LogP contribution >= 0.6 is 11.6 Å². The second kappa shape index (κ2) is 7.84. The van der Waals surface area contributed by atoms with Gasteiger partial charge in [0.1, 0.15) is 11.4 Å². The van der Waals surface area contributed by atoms with Crippen molar-refractivity contribution < 1.29 is 13.7 Å². The maximum Gasteiger partial charge on any atom is 0.261 e. The van der Waals surface area contributed by atoms with E-state index in [1.165, 1.54) is 18.3 Å². The van der Waals surface area contributed by atoms with Gasteiger partial charge in [0.05, 0.1) is 5.69 Å². The number of carbonyl (C=O) groups is 1. The standard InChI is InChI=1S/C19H15ClFN3O2/c1-12-9-18(26-24-12)17(11-22-16-4-2-3-14(21)10-16)19(25)23-15-7-5-13(20)6-8-15/h2-11,22H,1H3,(H,23,25). The van der Waals surface area contributed by atoms with Crippen LogP contribution in [0.15, 0.2) is 65.3 Å². The van der Waals surface area contributed by atoms with Crippen LogP contribution in [0, 0.1) is 12.7 Å². The number of halogens is 2. The molecule has 0 aliphatic carbocycles. The van der Waals surface area contributed by atoms with E-state index in [0.717, 1.165) is 0 Å². The summed E-state index contributed by atoms with van der Waals surface area (Å²) in [6.45, 7) is 1.75. The quantitative estimate of drug-likeness (QED) is 0.628. The highest BCUT2D eigenvalue weighted by Crippen LogP contribution is 2.20. The Kier molecular flexibility index (Phi) is 5.34. The Bertz CT molecular complexity index is 951. The fourth-order valence-electron chi connectivity index (χ4n) is 2.20. The van der Waals surface area contributed by atoms with Gasteiger partial charge in [0.2, 0.25) is 0 Å². The number of aryl methyl sites for hydroxylation is 1. The summed E-state index contributed by atoms with van der Waals surface area (Å²) < 4.78 is 18.5. The molecule has 3 rings (SSSR count). The summed E-state index contributed by atoms with van der Waals surface area (Å²) in [7, 11) is 0. The van der Waals surface area contributed by atoms with Gasteiger partial charge in [0.15, 0.2) is 5.76 Å². The molecule has 0 saturated heterocycles. The number of nitrogens with zero attached hydrogens (tertiary/aromatic N) is 1. The third-order valence-corrected chi connectivity index (χ3v) is 3.70. The van der Waals surface area contributed by atoms with Crippen LogP contribution in [-0.2, 0) is 4.79 Å². The van der Waals surface area contributed by atoms with E-state index in [2.05, 4.69) is 15.8 Å². The predicted octanol–water partition coefficient (Wildman–Crippen LogP) is 4.87. The highest BCUT2D eigenvalue weighted by Gasteiger charge is 2.17. The van der Waals surface area contributed by atoms with E-state index in [9.17, 15) is 9.18 Å². The summed E-state index contributed by atoms with van der Waals surface area (Å²) in [4.78, 5) is 12.7. The summed E-state index contributed by atoms with van der Waals surface area (Å²) in [6, 6.07) is 14.2. The summed E-state index contributed by atoms with van der Waals surface area (Å²) in [5.41, 5.74) is 1.92. The number of rotatable bonds is 5. The molecule has 0 fully saturated rings. The minimum Gasteiger partial charge on any atom is -0.361 e. The van der Waals surface area contributed by atoms with E-state index < -0.39 is 5.91 Å². The first kappa shape index (κ1) is 17.7. The number of aromatic nitrogens is 1. The van der Waals surface area contributed by atoms with Gasteiger partial charge in [-0.25, -0.2) is 4.39 Å². The predicted molar refractivity (Wildman–Crippen MR) is 99.3 cm³/mol. The van der Waals surface area contributed by atoms with Crippen LogP contribution in [0.1, 0.15) is 11.5 Å². The van der Waals surface area contributed by atoms with Crippen LogP contribution < -0.4 is 10.6 Å². The van der Waals surface area contributed by atoms with Crippen molar-refractivity contribution in [3.63, 3.8) is 0 Å². The van der Waals surface area contributed by atoms with Crippen molar-refractivity contribution in [2.75, 3.05) is 10.6 Å².